The highest BCUT2D eigenvalue weighted by Gasteiger charge is 2.24. The molecule has 1 fully saturated rings. The van der Waals surface area contributed by atoms with Crippen molar-refractivity contribution in [3.8, 4) is 11.8 Å². The molecule has 0 saturated carbocycles. The highest BCUT2D eigenvalue weighted by atomic mass is 35.5. The largest absolute Gasteiger partial charge is 0.508 e. The molecule has 1 aliphatic rings. The fourth-order valence-electron chi connectivity index (χ4n) is 2.31. The maximum absolute atomic E-state index is 9.95. The van der Waals surface area contributed by atoms with Gasteiger partial charge in [-0.1, -0.05) is 11.6 Å². The molecule has 1 aliphatic heterocycles. The molecule has 1 heterocycles. The number of nitriles is 1. The lowest BCUT2D eigenvalue weighted by Gasteiger charge is -2.34. The first-order chi connectivity index (χ1) is 8.72. The fourth-order valence-corrected chi connectivity index (χ4v) is 2.49. The normalized spacial score (nSPS) is 18.2. The summed E-state index contributed by atoms with van der Waals surface area (Å²) in [6.07, 6.45) is 0.355. The van der Waals surface area contributed by atoms with Gasteiger partial charge in [0.1, 0.15) is 5.75 Å². The molecular weight excluding hydrogens is 250 g/mol. The molecule has 18 heavy (non-hydrogen) atoms. The molecule has 4 nitrogen and oxygen atoms in total. The van der Waals surface area contributed by atoms with Crippen molar-refractivity contribution in [1.82, 2.24) is 10.2 Å². The van der Waals surface area contributed by atoms with Crippen LogP contribution in [0.4, 0.5) is 0 Å². The zero-order chi connectivity index (χ0) is 13.0. The molecule has 0 aliphatic carbocycles. The Bertz CT molecular complexity index is 452. The van der Waals surface area contributed by atoms with Crippen molar-refractivity contribution in [3.63, 3.8) is 0 Å². The number of phenolic OH excluding ortho intramolecular Hbond substituents is 1. The number of halogens is 1. The fraction of sp³-hybridized carbons (Fsp3) is 0.462. The van der Waals surface area contributed by atoms with E-state index in [0.717, 1.165) is 31.7 Å². The summed E-state index contributed by atoms with van der Waals surface area (Å²) >= 11 is 5.98. The number of nitrogens with zero attached hydrogens (tertiary/aromatic N) is 2. The first-order valence-electron chi connectivity index (χ1n) is 6.02. The van der Waals surface area contributed by atoms with E-state index in [-0.39, 0.29) is 11.8 Å². The van der Waals surface area contributed by atoms with E-state index in [1.807, 2.05) is 0 Å². The van der Waals surface area contributed by atoms with Gasteiger partial charge in [0, 0.05) is 36.8 Å². The van der Waals surface area contributed by atoms with Gasteiger partial charge < -0.3 is 10.4 Å². The van der Waals surface area contributed by atoms with Crippen LogP contribution < -0.4 is 5.32 Å². The second kappa shape index (κ2) is 6.05. The van der Waals surface area contributed by atoms with Crippen LogP contribution in [0.15, 0.2) is 18.2 Å². The van der Waals surface area contributed by atoms with Crippen molar-refractivity contribution >= 4 is 11.6 Å². The average molecular weight is 266 g/mol. The van der Waals surface area contributed by atoms with Gasteiger partial charge in [0.2, 0.25) is 0 Å². The molecule has 1 saturated heterocycles. The van der Waals surface area contributed by atoms with Gasteiger partial charge in [-0.3, -0.25) is 4.90 Å². The zero-order valence-electron chi connectivity index (χ0n) is 10.1. The van der Waals surface area contributed by atoms with Gasteiger partial charge in [-0.25, -0.2) is 0 Å². The molecular formula is C13H16ClN3O. The Morgan fingerprint density at radius 3 is 2.83 bits per heavy atom. The summed E-state index contributed by atoms with van der Waals surface area (Å²) < 4.78 is 0. The third-order valence-corrected chi connectivity index (χ3v) is 3.46. The van der Waals surface area contributed by atoms with Crippen LogP contribution in [0.3, 0.4) is 0 Å². The lowest BCUT2D eigenvalue weighted by Crippen LogP contribution is -2.45. The third-order valence-electron chi connectivity index (χ3n) is 3.23. The summed E-state index contributed by atoms with van der Waals surface area (Å²) in [5.74, 6) is 0.207. The Morgan fingerprint density at radius 1 is 1.44 bits per heavy atom. The van der Waals surface area contributed by atoms with Crippen LogP contribution >= 0.6 is 11.6 Å². The van der Waals surface area contributed by atoms with E-state index in [9.17, 15) is 5.11 Å². The molecule has 0 radical (unpaired) electrons. The Labute approximate surface area is 112 Å². The van der Waals surface area contributed by atoms with Gasteiger partial charge in [-0.05, 0) is 18.2 Å². The highest BCUT2D eigenvalue weighted by Crippen LogP contribution is 2.33. The number of rotatable bonds is 3. The summed E-state index contributed by atoms with van der Waals surface area (Å²) in [5, 5.41) is 22.8. The van der Waals surface area contributed by atoms with Gasteiger partial charge in [0.05, 0.1) is 18.5 Å². The first-order valence-corrected chi connectivity index (χ1v) is 6.40. The van der Waals surface area contributed by atoms with Crippen molar-refractivity contribution in [2.24, 2.45) is 0 Å². The molecule has 1 aromatic carbocycles. The minimum Gasteiger partial charge on any atom is -0.508 e. The number of aromatic hydroxyl groups is 1. The Morgan fingerprint density at radius 2 is 2.17 bits per heavy atom. The summed E-state index contributed by atoms with van der Waals surface area (Å²) in [6, 6.07) is 7.10. The minimum atomic E-state index is -0.0872. The SMILES string of the molecule is N#CC[C@@H](c1cc(Cl)ccc1O)N1CCNCC1. The van der Waals surface area contributed by atoms with E-state index in [0.29, 0.717) is 11.4 Å². The van der Waals surface area contributed by atoms with Gasteiger partial charge in [-0.2, -0.15) is 5.26 Å². The van der Waals surface area contributed by atoms with Gasteiger partial charge in [0.15, 0.2) is 0 Å². The number of benzene rings is 1. The molecule has 0 spiro atoms. The summed E-state index contributed by atoms with van der Waals surface area (Å²) in [5.41, 5.74) is 0.742. The molecule has 0 aromatic heterocycles. The van der Waals surface area contributed by atoms with E-state index in [1.54, 1.807) is 18.2 Å². The van der Waals surface area contributed by atoms with Gasteiger partial charge in [0.25, 0.3) is 0 Å². The minimum absolute atomic E-state index is 0.0872. The summed E-state index contributed by atoms with van der Waals surface area (Å²) in [4.78, 5) is 2.21. The standard InChI is InChI=1S/C13H16ClN3O/c14-10-1-2-13(18)11(9-10)12(3-4-15)17-7-5-16-6-8-17/h1-2,9,12,16,18H,3,5-8H2/t12-/m0/s1. The van der Waals surface area contributed by atoms with E-state index in [1.165, 1.54) is 0 Å². The summed E-state index contributed by atoms with van der Waals surface area (Å²) in [6.45, 7) is 3.56. The molecule has 96 valence electrons. The number of hydrogen-bond donors (Lipinski definition) is 2. The van der Waals surface area contributed by atoms with Crippen LogP contribution in [-0.2, 0) is 0 Å². The smallest absolute Gasteiger partial charge is 0.120 e. The monoisotopic (exact) mass is 265 g/mol. The van der Waals surface area contributed by atoms with E-state index < -0.39 is 0 Å². The highest BCUT2D eigenvalue weighted by molar-refractivity contribution is 6.30. The third kappa shape index (κ3) is 2.94. The van der Waals surface area contributed by atoms with Crippen LogP contribution in [0.1, 0.15) is 18.0 Å². The van der Waals surface area contributed by atoms with Gasteiger partial charge in [-0.15, -0.1) is 0 Å². The molecule has 2 N–H and O–H groups in total. The van der Waals surface area contributed by atoms with Crippen LogP contribution in [0.25, 0.3) is 0 Å². The number of hydrogen-bond acceptors (Lipinski definition) is 4. The van der Waals surface area contributed by atoms with Crippen molar-refractivity contribution in [1.29, 1.82) is 5.26 Å². The van der Waals surface area contributed by atoms with Crippen molar-refractivity contribution in [2.45, 2.75) is 12.5 Å². The van der Waals surface area contributed by atoms with Gasteiger partial charge >= 0.3 is 0 Å². The van der Waals surface area contributed by atoms with Crippen LogP contribution in [-0.4, -0.2) is 36.2 Å². The molecule has 0 bridgehead atoms. The maximum Gasteiger partial charge on any atom is 0.120 e. The Balaban J connectivity index is 2.28. The molecule has 5 heteroatoms. The Kier molecular flexibility index (Phi) is 4.43. The number of nitrogens with one attached hydrogen (secondary N) is 1. The molecule has 1 atom stereocenters. The first kappa shape index (κ1) is 13.2. The van der Waals surface area contributed by atoms with Crippen LogP contribution in [0.5, 0.6) is 5.75 Å². The average Bonchev–Trinajstić information content (AvgIpc) is 2.40. The quantitative estimate of drug-likeness (QED) is 0.877. The Hall–Kier alpha value is -1.28. The second-order valence-electron chi connectivity index (χ2n) is 4.37. The van der Waals surface area contributed by atoms with Crippen LogP contribution in [0.2, 0.25) is 5.02 Å². The predicted molar refractivity (Wildman–Crippen MR) is 70.5 cm³/mol. The van der Waals surface area contributed by atoms with E-state index in [4.69, 9.17) is 16.9 Å². The molecule has 2 rings (SSSR count). The number of piperazine rings is 1. The maximum atomic E-state index is 9.95. The predicted octanol–water partition coefficient (Wildman–Crippen LogP) is 1.91. The van der Waals surface area contributed by atoms with E-state index >= 15 is 0 Å². The molecule has 0 amide bonds. The van der Waals surface area contributed by atoms with E-state index in [2.05, 4.69) is 16.3 Å². The number of phenols is 1. The lowest BCUT2D eigenvalue weighted by atomic mass is 10.0. The molecule has 0 unspecified atom stereocenters. The zero-order valence-corrected chi connectivity index (χ0v) is 10.8. The van der Waals surface area contributed by atoms with Crippen molar-refractivity contribution in [3.05, 3.63) is 28.8 Å². The van der Waals surface area contributed by atoms with Crippen LogP contribution in [0, 0.1) is 11.3 Å². The molecule has 1 aromatic rings. The lowest BCUT2D eigenvalue weighted by molar-refractivity contribution is 0.173. The van der Waals surface area contributed by atoms with Crippen molar-refractivity contribution < 1.29 is 5.11 Å². The van der Waals surface area contributed by atoms with Crippen molar-refractivity contribution in [2.75, 3.05) is 26.2 Å². The summed E-state index contributed by atoms with van der Waals surface area (Å²) in [7, 11) is 0. The topological polar surface area (TPSA) is 59.3 Å². The second-order valence-corrected chi connectivity index (χ2v) is 4.80.